The first-order chi connectivity index (χ1) is 20.0. The number of hydrogen-bond acceptors (Lipinski definition) is 9. The normalized spacial score (nSPS) is 16.5. The van der Waals surface area contributed by atoms with Gasteiger partial charge in [0, 0.05) is 37.5 Å². The molecule has 0 radical (unpaired) electrons. The first-order valence-electron chi connectivity index (χ1n) is 13.5. The number of ether oxygens (including phenoxy) is 1. The Morgan fingerprint density at radius 3 is 2.51 bits per heavy atom. The van der Waals surface area contributed by atoms with Gasteiger partial charge in [-0.3, -0.25) is 19.9 Å². The van der Waals surface area contributed by atoms with Crippen LogP contribution in [-0.2, 0) is 16.1 Å². The molecule has 2 aromatic carbocycles. The largest absolute Gasteiger partial charge is 0.466 e. The van der Waals surface area contributed by atoms with Crippen LogP contribution in [0.15, 0.2) is 73.1 Å². The maximum Gasteiger partial charge on any atom is 0.347 e. The molecule has 1 aliphatic rings. The molecule has 0 aliphatic carbocycles. The van der Waals surface area contributed by atoms with E-state index in [1.165, 1.54) is 18.0 Å². The van der Waals surface area contributed by atoms with E-state index in [1.54, 1.807) is 23.2 Å². The van der Waals surface area contributed by atoms with Crippen molar-refractivity contribution in [3.8, 4) is 22.5 Å². The average Bonchev–Trinajstić information content (AvgIpc) is 3.69. The summed E-state index contributed by atoms with van der Waals surface area (Å²) in [5, 5.41) is 15.1. The van der Waals surface area contributed by atoms with Gasteiger partial charge in [-0.2, -0.15) is 4.68 Å². The number of likely N-dealkylation sites (tertiary alicyclic amines) is 1. The van der Waals surface area contributed by atoms with E-state index in [0.29, 0.717) is 50.2 Å². The molecule has 1 aliphatic heterocycles. The van der Waals surface area contributed by atoms with Crippen LogP contribution in [0.5, 0.6) is 0 Å². The van der Waals surface area contributed by atoms with Gasteiger partial charge in [0.1, 0.15) is 0 Å². The molecule has 0 bridgehead atoms. The van der Waals surface area contributed by atoms with Crippen LogP contribution < -0.4 is 5.32 Å². The number of rotatable bonds is 9. The lowest BCUT2D eigenvalue weighted by Crippen LogP contribution is -2.62. The van der Waals surface area contributed by atoms with Gasteiger partial charge in [0.25, 0.3) is 5.91 Å². The quantitative estimate of drug-likeness (QED) is 0.243. The Morgan fingerprint density at radius 2 is 1.80 bits per heavy atom. The monoisotopic (exact) mass is 553 g/mol. The van der Waals surface area contributed by atoms with E-state index in [9.17, 15) is 14.4 Å². The molecule has 0 saturated carbocycles. The number of esters is 1. The minimum atomic E-state index is -1.28. The number of pyridine rings is 1. The maximum atomic E-state index is 13.3. The predicted molar refractivity (Wildman–Crippen MR) is 150 cm³/mol. The fraction of sp³-hybridized carbons (Fsp3) is 0.300. The molecular weight excluding hydrogens is 522 g/mol. The highest BCUT2D eigenvalue weighted by Crippen LogP contribution is 2.32. The molecule has 1 fully saturated rings. The molecule has 0 spiro atoms. The topological polar surface area (TPSA) is 132 Å². The van der Waals surface area contributed by atoms with E-state index in [4.69, 9.17) is 4.74 Å². The second-order valence-electron chi connectivity index (χ2n) is 9.81. The number of amides is 1. The van der Waals surface area contributed by atoms with Crippen molar-refractivity contribution in [2.24, 2.45) is 0 Å². The molecule has 5 rings (SSSR count). The third-order valence-corrected chi connectivity index (χ3v) is 7.25. The van der Waals surface area contributed by atoms with Gasteiger partial charge in [-0.25, -0.2) is 4.79 Å². The Balaban J connectivity index is 1.38. The highest BCUT2D eigenvalue weighted by molar-refractivity contribution is 5.98. The average molecular weight is 554 g/mol. The molecule has 2 aromatic heterocycles. The van der Waals surface area contributed by atoms with Gasteiger partial charge in [-0.15, -0.1) is 5.10 Å². The molecule has 1 amide bonds. The summed E-state index contributed by atoms with van der Waals surface area (Å²) in [6.07, 6.45) is 5.23. The lowest BCUT2D eigenvalue weighted by atomic mass is 9.98. The van der Waals surface area contributed by atoms with Gasteiger partial charge in [0.05, 0.1) is 12.7 Å². The van der Waals surface area contributed by atoms with Crippen molar-refractivity contribution >= 4 is 17.8 Å². The molecular formula is C30H31N7O4. The van der Waals surface area contributed by atoms with Crippen LogP contribution in [0.3, 0.4) is 0 Å². The minimum absolute atomic E-state index is 0.161. The molecule has 41 heavy (non-hydrogen) atoms. The number of carbonyl (C=O) groups excluding carboxylic acids is 3. The highest BCUT2D eigenvalue weighted by Gasteiger charge is 2.50. The third kappa shape index (κ3) is 5.48. The number of nitrogens with zero attached hydrogens (tertiary/aromatic N) is 6. The Bertz CT molecular complexity index is 1540. The standard InChI is InChI=1S/C30H31N7O4/c1-3-8-26(38)37-27(33-34-35-37)25-11-5-4-10-24(25)22-14-12-21(13-15-22)19-32-30(29(40)41-2)16-7-18-36(30)28(39)23-9-6-17-31-20-23/h4-6,9-15,17,20,32H,3,7-8,16,18-19H2,1-2H3. The zero-order valence-electron chi connectivity index (χ0n) is 23.0. The van der Waals surface area contributed by atoms with Crippen LogP contribution in [0.4, 0.5) is 0 Å². The SMILES string of the molecule is CCCC(=O)n1nnnc1-c1ccccc1-c1ccc(CNC2(C(=O)OC)CCCN2C(=O)c2cccnc2)cc1. The van der Waals surface area contributed by atoms with Gasteiger partial charge >= 0.3 is 5.97 Å². The summed E-state index contributed by atoms with van der Waals surface area (Å²) in [6.45, 7) is 2.69. The number of carbonyl (C=O) groups is 3. The number of nitrogens with one attached hydrogen (secondary N) is 1. The fourth-order valence-electron chi connectivity index (χ4n) is 5.20. The highest BCUT2D eigenvalue weighted by atomic mass is 16.5. The molecule has 1 saturated heterocycles. The molecule has 11 heteroatoms. The molecule has 1 unspecified atom stereocenters. The van der Waals surface area contributed by atoms with E-state index < -0.39 is 11.6 Å². The molecule has 210 valence electrons. The molecule has 1 N–H and O–H groups in total. The summed E-state index contributed by atoms with van der Waals surface area (Å²) in [6, 6.07) is 18.9. The second-order valence-corrected chi connectivity index (χ2v) is 9.81. The zero-order valence-corrected chi connectivity index (χ0v) is 23.0. The summed E-state index contributed by atoms with van der Waals surface area (Å²) in [4.78, 5) is 44.6. The van der Waals surface area contributed by atoms with Crippen molar-refractivity contribution in [1.29, 1.82) is 0 Å². The van der Waals surface area contributed by atoms with Gasteiger partial charge in [0.15, 0.2) is 11.5 Å². The molecule has 3 heterocycles. The Kier molecular flexibility index (Phi) is 8.25. The minimum Gasteiger partial charge on any atom is -0.466 e. The van der Waals surface area contributed by atoms with E-state index in [2.05, 4.69) is 25.8 Å². The number of benzene rings is 2. The summed E-state index contributed by atoms with van der Waals surface area (Å²) in [5.74, 6) is -0.552. The van der Waals surface area contributed by atoms with Crippen molar-refractivity contribution in [3.63, 3.8) is 0 Å². The van der Waals surface area contributed by atoms with E-state index in [0.717, 1.165) is 22.3 Å². The van der Waals surface area contributed by atoms with Gasteiger partial charge in [-0.1, -0.05) is 55.5 Å². The second kappa shape index (κ2) is 12.2. The van der Waals surface area contributed by atoms with Gasteiger partial charge < -0.3 is 9.64 Å². The van der Waals surface area contributed by atoms with Crippen LogP contribution in [0.1, 0.15) is 53.3 Å². The van der Waals surface area contributed by atoms with Crippen LogP contribution >= 0.6 is 0 Å². The van der Waals surface area contributed by atoms with Crippen LogP contribution in [0.25, 0.3) is 22.5 Å². The number of aromatic nitrogens is 5. The number of hydrogen-bond donors (Lipinski definition) is 1. The van der Waals surface area contributed by atoms with Gasteiger partial charge in [-0.05, 0) is 58.5 Å². The number of methoxy groups -OCH3 is 1. The Hall–Kier alpha value is -4.77. The molecule has 4 aromatic rings. The fourth-order valence-corrected chi connectivity index (χ4v) is 5.20. The smallest absolute Gasteiger partial charge is 0.347 e. The molecule has 11 nitrogen and oxygen atoms in total. The van der Waals surface area contributed by atoms with Gasteiger partial charge in [0.2, 0.25) is 5.91 Å². The molecule has 1 atom stereocenters. The van der Waals surface area contributed by atoms with Crippen molar-refractivity contribution in [3.05, 3.63) is 84.2 Å². The predicted octanol–water partition coefficient (Wildman–Crippen LogP) is 3.74. The van der Waals surface area contributed by atoms with E-state index in [-0.39, 0.29) is 11.8 Å². The Labute approximate surface area is 237 Å². The first-order valence-corrected chi connectivity index (χ1v) is 13.5. The van der Waals surface area contributed by atoms with Crippen molar-refractivity contribution in [2.75, 3.05) is 13.7 Å². The van der Waals surface area contributed by atoms with Crippen molar-refractivity contribution in [1.82, 2.24) is 35.4 Å². The van der Waals surface area contributed by atoms with E-state index in [1.807, 2.05) is 55.5 Å². The van der Waals surface area contributed by atoms with Crippen LogP contribution in [0.2, 0.25) is 0 Å². The summed E-state index contributed by atoms with van der Waals surface area (Å²) >= 11 is 0. The van der Waals surface area contributed by atoms with Crippen LogP contribution in [0, 0.1) is 0 Å². The summed E-state index contributed by atoms with van der Waals surface area (Å²) in [5.41, 5.74) is 2.58. The summed E-state index contributed by atoms with van der Waals surface area (Å²) in [7, 11) is 1.33. The van der Waals surface area contributed by atoms with Crippen molar-refractivity contribution < 1.29 is 19.1 Å². The zero-order chi connectivity index (χ0) is 28.8. The van der Waals surface area contributed by atoms with E-state index >= 15 is 0 Å². The summed E-state index contributed by atoms with van der Waals surface area (Å²) < 4.78 is 6.41. The Morgan fingerprint density at radius 1 is 1.02 bits per heavy atom. The lowest BCUT2D eigenvalue weighted by molar-refractivity contribution is -0.154. The van der Waals surface area contributed by atoms with Crippen LogP contribution in [-0.4, -0.2) is 67.2 Å². The first kappa shape index (κ1) is 27.8. The maximum absolute atomic E-state index is 13.3. The third-order valence-electron chi connectivity index (χ3n) is 7.25. The lowest BCUT2D eigenvalue weighted by Gasteiger charge is -2.36. The number of tetrazole rings is 1. The van der Waals surface area contributed by atoms with Crippen molar-refractivity contribution in [2.45, 2.75) is 44.8 Å².